The number of fused-ring (bicyclic) bond motifs is 3. The van der Waals surface area contributed by atoms with Crippen LogP contribution in [0.1, 0.15) is 44.7 Å². The van der Waals surface area contributed by atoms with Crippen LogP contribution in [-0.2, 0) is 30.2 Å². The van der Waals surface area contributed by atoms with Crippen LogP contribution in [-0.4, -0.2) is 63.2 Å². The van der Waals surface area contributed by atoms with E-state index in [0.717, 1.165) is 29.5 Å². The smallest absolute Gasteiger partial charge is 0.296 e. The Hall–Kier alpha value is -3.00. The molecule has 1 aromatic carbocycles. The van der Waals surface area contributed by atoms with Gasteiger partial charge in [0.2, 0.25) is 10.0 Å². The van der Waals surface area contributed by atoms with Gasteiger partial charge in [-0.25, -0.2) is 18.2 Å². The number of nitrogens with zero attached hydrogens (tertiary/aromatic N) is 6. The third kappa shape index (κ3) is 4.83. The Labute approximate surface area is 218 Å². The van der Waals surface area contributed by atoms with E-state index < -0.39 is 10.0 Å². The molecule has 0 N–H and O–H groups in total. The van der Waals surface area contributed by atoms with E-state index in [1.807, 2.05) is 30.3 Å². The number of hydrogen-bond acceptors (Lipinski definition) is 6. The Kier molecular flexibility index (Phi) is 6.29. The lowest BCUT2D eigenvalue weighted by Gasteiger charge is -2.39. The number of aryl methyl sites for hydroxylation is 1. The molecule has 2 saturated heterocycles. The number of hydrogen-bond donors (Lipinski definition) is 0. The highest BCUT2D eigenvalue weighted by atomic mass is 32.2. The van der Waals surface area contributed by atoms with E-state index in [4.69, 9.17) is 4.98 Å². The number of nitriles is 1. The van der Waals surface area contributed by atoms with Crippen LogP contribution in [0.5, 0.6) is 0 Å². The molecule has 2 fully saturated rings. The Morgan fingerprint density at radius 2 is 1.78 bits per heavy atom. The number of sulfonamides is 1. The SMILES string of the molecule is Cn1c(=O)n(CC(C)(C)C)c2ccc(-c3cc(CN4CC5CCC(C4)N5S(C)(=O)=O)ccc3C#N)nc21. The van der Waals surface area contributed by atoms with E-state index in [9.17, 15) is 18.5 Å². The maximum atomic E-state index is 12.9. The Morgan fingerprint density at radius 1 is 1.11 bits per heavy atom. The van der Waals surface area contributed by atoms with Crippen LogP contribution < -0.4 is 5.69 Å². The second-order valence-electron chi connectivity index (χ2n) is 11.7. The van der Waals surface area contributed by atoms with Crippen LogP contribution >= 0.6 is 0 Å². The zero-order valence-corrected chi connectivity index (χ0v) is 22.9. The minimum atomic E-state index is -3.21. The minimum absolute atomic E-state index is 0.0223. The predicted octanol–water partition coefficient (Wildman–Crippen LogP) is 2.93. The second-order valence-corrected chi connectivity index (χ2v) is 13.6. The van der Waals surface area contributed by atoms with E-state index in [-0.39, 0.29) is 23.2 Å². The van der Waals surface area contributed by atoms with Crippen molar-refractivity contribution in [2.45, 2.75) is 58.8 Å². The van der Waals surface area contributed by atoms with Gasteiger partial charge in [-0.15, -0.1) is 0 Å². The number of benzene rings is 1. The summed E-state index contributed by atoms with van der Waals surface area (Å²) in [5, 5.41) is 9.81. The van der Waals surface area contributed by atoms with E-state index >= 15 is 0 Å². The van der Waals surface area contributed by atoms with Gasteiger partial charge in [0.15, 0.2) is 5.65 Å². The lowest BCUT2D eigenvalue weighted by atomic mass is 9.97. The average Bonchev–Trinajstić information content (AvgIpc) is 3.24. The van der Waals surface area contributed by atoms with Crippen molar-refractivity contribution in [1.29, 1.82) is 5.26 Å². The number of imidazole rings is 1. The van der Waals surface area contributed by atoms with Crippen molar-refractivity contribution in [2.75, 3.05) is 19.3 Å². The van der Waals surface area contributed by atoms with E-state index in [1.165, 1.54) is 6.26 Å². The molecule has 4 heterocycles. The normalized spacial score (nSPS) is 21.0. The largest absolute Gasteiger partial charge is 0.330 e. The van der Waals surface area contributed by atoms with Gasteiger partial charge < -0.3 is 0 Å². The molecule has 0 amide bonds. The Balaban J connectivity index is 1.46. The van der Waals surface area contributed by atoms with Crippen LogP contribution in [0, 0.1) is 16.7 Å². The molecule has 2 atom stereocenters. The molecule has 0 spiro atoms. The highest BCUT2D eigenvalue weighted by Gasteiger charge is 2.44. The number of rotatable bonds is 5. The maximum absolute atomic E-state index is 12.9. The molecular formula is C27H34N6O3S. The van der Waals surface area contributed by atoms with E-state index in [2.05, 4.69) is 31.7 Å². The van der Waals surface area contributed by atoms with Crippen molar-refractivity contribution in [1.82, 2.24) is 23.3 Å². The number of likely N-dealkylation sites (tertiary alicyclic amines) is 1. The molecule has 10 heteroatoms. The molecule has 5 rings (SSSR count). The van der Waals surface area contributed by atoms with Crippen molar-refractivity contribution < 1.29 is 8.42 Å². The summed E-state index contributed by atoms with van der Waals surface area (Å²) >= 11 is 0. The standard InChI is InChI=1S/C27H34N6O3S/c1-27(2,3)17-32-24-11-10-23(29-25(24)30(4)26(32)34)22-12-18(6-7-19(22)13-28)14-31-15-20-8-9-21(16-31)33(20)37(5,35)36/h6-7,10-12,20-21H,8-9,14-17H2,1-5H3. The number of pyridine rings is 1. The molecule has 9 nitrogen and oxygen atoms in total. The molecule has 0 saturated carbocycles. The summed E-state index contributed by atoms with van der Waals surface area (Å²) in [6.45, 7) is 8.94. The van der Waals surface area contributed by atoms with Gasteiger partial charge in [0.25, 0.3) is 0 Å². The topological polar surface area (TPSA) is 104 Å². The van der Waals surface area contributed by atoms with E-state index in [0.29, 0.717) is 43.1 Å². The molecule has 2 aliphatic rings. The number of piperazine rings is 1. The van der Waals surface area contributed by atoms with Gasteiger partial charge in [0, 0.05) is 50.9 Å². The molecule has 37 heavy (non-hydrogen) atoms. The van der Waals surface area contributed by atoms with Crippen LogP contribution in [0.3, 0.4) is 0 Å². The molecular weight excluding hydrogens is 488 g/mol. The first-order valence-electron chi connectivity index (χ1n) is 12.7. The molecule has 2 aromatic heterocycles. The summed E-state index contributed by atoms with van der Waals surface area (Å²) in [5.41, 5.74) is 4.15. The third-order valence-electron chi connectivity index (χ3n) is 7.37. The van der Waals surface area contributed by atoms with Crippen molar-refractivity contribution in [3.05, 3.63) is 51.9 Å². The van der Waals surface area contributed by atoms with Crippen molar-refractivity contribution in [2.24, 2.45) is 12.5 Å². The van der Waals surface area contributed by atoms with Crippen LogP contribution in [0.2, 0.25) is 0 Å². The first kappa shape index (κ1) is 25.6. The molecule has 196 valence electrons. The summed E-state index contributed by atoms with van der Waals surface area (Å²) in [4.78, 5) is 20.1. The van der Waals surface area contributed by atoms with Crippen molar-refractivity contribution in [3.8, 4) is 17.3 Å². The van der Waals surface area contributed by atoms with Gasteiger partial charge in [-0.3, -0.25) is 14.0 Å². The fourth-order valence-corrected chi connectivity index (χ4v) is 7.36. The zero-order chi connectivity index (χ0) is 26.7. The minimum Gasteiger partial charge on any atom is -0.296 e. The average molecular weight is 523 g/mol. The quantitative estimate of drug-likeness (QED) is 0.510. The first-order valence-corrected chi connectivity index (χ1v) is 14.5. The molecule has 0 aliphatic carbocycles. The van der Waals surface area contributed by atoms with Gasteiger partial charge >= 0.3 is 5.69 Å². The summed E-state index contributed by atoms with van der Waals surface area (Å²) in [7, 11) is -1.48. The highest BCUT2D eigenvalue weighted by molar-refractivity contribution is 7.88. The predicted molar refractivity (Wildman–Crippen MR) is 143 cm³/mol. The van der Waals surface area contributed by atoms with Crippen molar-refractivity contribution >= 4 is 21.2 Å². The lowest BCUT2D eigenvalue weighted by molar-refractivity contribution is 0.124. The Bertz CT molecular complexity index is 1560. The fourth-order valence-electron chi connectivity index (χ4n) is 5.93. The van der Waals surface area contributed by atoms with Crippen LogP contribution in [0.4, 0.5) is 0 Å². The fraction of sp³-hybridized carbons (Fsp3) is 0.519. The third-order valence-corrected chi connectivity index (χ3v) is 8.74. The lowest BCUT2D eigenvalue weighted by Crippen LogP contribution is -2.54. The summed E-state index contributed by atoms with van der Waals surface area (Å²) in [6, 6.07) is 11.9. The first-order chi connectivity index (χ1) is 17.4. The van der Waals surface area contributed by atoms with Gasteiger partial charge in [0.1, 0.15) is 0 Å². The zero-order valence-electron chi connectivity index (χ0n) is 22.1. The molecule has 2 aliphatic heterocycles. The monoisotopic (exact) mass is 522 g/mol. The van der Waals surface area contributed by atoms with Gasteiger partial charge in [-0.1, -0.05) is 26.8 Å². The van der Waals surface area contributed by atoms with Crippen LogP contribution in [0.25, 0.3) is 22.4 Å². The maximum Gasteiger partial charge on any atom is 0.330 e. The molecule has 2 unspecified atom stereocenters. The Morgan fingerprint density at radius 3 is 2.38 bits per heavy atom. The van der Waals surface area contributed by atoms with Gasteiger partial charge in [-0.2, -0.15) is 9.57 Å². The molecule has 3 aromatic rings. The highest BCUT2D eigenvalue weighted by Crippen LogP contribution is 2.33. The molecule has 2 bridgehead atoms. The van der Waals surface area contributed by atoms with E-state index in [1.54, 1.807) is 20.5 Å². The van der Waals surface area contributed by atoms with Crippen molar-refractivity contribution in [3.63, 3.8) is 0 Å². The second kappa shape index (κ2) is 9.08. The summed E-state index contributed by atoms with van der Waals surface area (Å²) in [5.74, 6) is 0. The summed E-state index contributed by atoms with van der Waals surface area (Å²) in [6.07, 6.45) is 3.09. The summed E-state index contributed by atoms with van der Waals surface area (Å²) < 4.78 is 29.5. The van der Waals surface area contributed by atoms with Gasteiger partial charge in [-0.05, 0) is 48.1 Å². The molecule has 0 radical (unpaired) electrons. The van der Waals surface area contributed by atoms with Crippen LogP contribution in [0.15, 0.2) is 35.1 Å². The number of aromatic nitrogens is 3. The van der Waals surface area contributed by atoms with Gasteiger partial charge in [0.05, 0.1) is 29.1 Å².